The van der Waals surface area contributed by atoms with E-state index in [0.717, 1.165) is 22.6 Å². The van der Waals surface area contributed by atoms with E-state index in [1.54, 1.807) is 13.3 Å². The Hall–Kier alpha value is -1.81. The van der Waals surface area contributed by atoms with Gasteiger partial charge in [0.2, 0.25) is 0 Å². The summed E-state index contributed by atoms with van der Waals surface area (Å²) >= 11 is 0. The van der Waals surface area contributed by atoms with Crippen molar-refractivity contribution in [2.75, 3.05) is 7.11 Å². The van der Waals surface area contributed by atoms with Crippen LogP contribution in [0.4, 0.5) is 0 Å². The molecule has 0 fully saturated rings. The van der Waals surface area contributed by atoms with Gasteiger partial charge in [-0.1, -0.05) is 6.07 Å². The largest absolute Gasteiger partial charge is 0.496 e. The molecule has 18 heavy (non-hydrogen) atoms. The van der Waals surface area contributed by atoms with Crippen LogP contribution >= 0.6 is 0 Å². The molecule has 0 spiro atoms. The summed E-state index contributed by atoms with van der Waals surface area (Å²) in [6, 6.07) is 7.91. The number of benzene rings is 1. The third-order valence-corrected chi connectivity index (χ3v) is 2.88. The smallest absolute Gasteiger partial charge is 0.128 e. The Morgan fingerprint density at radius 2 is 2.11 bits per heavy atom. The maximum absolute atomic E-state index is 9.24. The Labute approximate surface area is 107 Å². The number of aromatic nitrogens is 2. The Balaban J connectivity index is 2.57. The van der Waals surface area contributed by atoms with E-state index in [2.05, 4.69) is 18.9 Å². The molecule has 0 aliphatic rings. The van der Waals surface area contributed by atoms with Crippen LogP contribution in [0.5, 0.6) is 5.75 Å². The van der Waals surface area contributed by atoms with Crippen molar-refractivity contribution in [3.8, 4) is 17.0 Å². The number of methoxy groups -OCH3 is 1. The van der Waals surface area contributed by atoms with Crippen LogP contribution in [0.1, 0.15) is 25.5 Å². The molecule has 96 valence electrons. The zero-order valence-electron chi connectivity index (χ0n) is 10.9. The van der Waals surface area contributed by atoms with Crippen molar-refractivity contribution in [3.05, 3.63) is 36.0 Å². The molecule has 2 rings (SSSR count). The summed E-state index contributed by atoms with van der Waals surface area (Å²) < 4.78 is 7.32. The third kappa shape index (κ3) is 2.24. The van der Waals surface area contributed by atoms with Gasteiger partial charge in [-0.05, 0) is 37.6 Å². The number of nitrogens with zero attached hydrogens (tertiary/aromatic N) is 2. The monoisotopic (exact) mass is 246 g/mol. The van der Waals surface area contributed by atoms with Crippen molar-refractivity contribution in [3.63, 3.8) is 0 Å². The van der Waals surface area contributed by atoms with Crippen molar-refractivity contribution >= 4 is 0 Å². The van der Waals surface area contributed by atoms with Gasteiger partial charge in [-0.2, -0.15) is 5.10 Å². The van der Waals surface area contributed by atoms with Crippen LogP contribution in [-0.4, -0.2) is 22.0 Å². The predicted octanol–water partition coefficient (Wildman–Crippen LogP) is 2.63. The zero-order valence-corrected chi connectivity index (χ0v) is 10.9. The standard InChI is InChI=1S/C14H18N2O2/c1-10(2)16-13(6-7-15-16)12-8-11(9-17)4-5-14(12)18-3/h4-8,10,17H,9H2,1-3H3. The summed E-state index contributed by atoms with van der Waals surface area (Å²) in [4.78, 5) is 0. The molecule has 0 radical (unpaired) electrons. The topological polar surface area (TPSA) is 47.3 Å². The van der Waals surface area contributed by atoms with E-state index >= 15 is 0 Å². The highest BCUT2D eigenvalue weighted by Crippen LogP contribution is 2.32. The van der Waals surface area contributed by atoms with Crippen LogP contribution in [0, 0.1) is 0 Å². The quantitative estimate of drug-likeness (QED) is 0.902. The fourth-order valence-electron chi connectivity index (χ4n) is 1.99. The van der Waals surface area contributed by atoms with Gasteiger partial charge in [-0.15, -0.1) is 0 Å². The number of rotatable bonds is 4. The fraction of sp³-hybridized carbons (Fsp3) is 0.357. The fourth-order valence-corrected chi connectivity index (χ4v) is 1.99. The molecule has 1 aromatic heterocycles. The van der Waals surface area contributed by atoms with E-state index < -0.39 is 0 Å². The molecule has 0 aliphatic carbocycles. The van der Waals surface area contributed by atoms with Gasteiger partial charge < -0.3 is 9.84 Å². The lowest BCUT2D eigenvalue weighted by Gasteiger charge is -2.14. The molecule has 0 saturated heterocycles. The van der Waals surface area contributed by atoms with Gasteiger partial charge >= 0.3 is 0 Å². The minimum absolute atomic E-state index is 0.0206. The molecule has 4 nitrogen and oxygen atoms in total. The summed E-state index contributed by atoms with van der Waals surface area (Å²) in [6.07, 6.45) is 1.78. The highest BCUT2D eigenvalue weighted by molar-refractivity contribution is 5.68. The van der Waals surface area contributed by atoms with Gasteiger partial charge in [0, 0.05) is 17.8 Å². The summed E-state index contributed by atoms with van der Waals surface area (Å²) in [5.74, 6) is 0.787. The molecular weight excluding hydrogens is 228 g/mol. The first-order chi connectivity index (χ1) is 8.67. The molecule has 0 bridgehead atoms. The lowest BCUT2D eigenvalue weighted by molar-refractivity contribution is 0.281. The number of hydrogen-bond acceptors (Lipinski definition) is 3. The van der Waals surface area contributed by atoms with Crippen LogP contribution in [0.2, 0.25) is 0 Å². The maximum atomic E-state index is 9.24. The van der Waals surface area contributed by atoms with Gasteiger partial charge in [0.1, 0.15) is 5.75 Å². The molecule has 1 heterocycles. The Kier molecular flexibility index (Phi) is 3.67. The summed E-state index contributed by atoms with van der Waals surface area (Å²) in [5.41, 5.74) is 2.81. The minimum atomic E-state index is 0.0206. The zero-order chi connectivity index (χ0) is 13.1. The number of hydrogen-bond donors (Lipinski definition) is 1. The first-order valence-corrected chi connectivity index (χ1v) is 5.99. The van der Waals surface area contributed by atoms with E-state index in [1.165, 1.54) is 0 Å². The maximum Gasteiger partial charge on any atom is 0.128 e. The summed E-state index contributed by atoms with van der Waals surface area (Å²) in [7, 11) is 1.65. The number of aliphatic hydroxyl groups is 1. The minimum Gasteiger partial charge on any atom is -0.496 e. The van der Waals surface area contributed by atoms with E-state index in [4.69, 9.17) is 4.74 Å². The van der Waals surface area contributed by atoms with Crippen LogP contribution in [0.15, 0.2) is 30.5 Å². The average molecular weight is 246 g/mol. The van der Waals surface area contributed by atoms with E-state index in [-0.39, 0.29) is 12.6 Å². The molecule has 1 aromatic carbocycles. The SMILES string of the molecule is COc1ccc(CO)cc1-c1ccnn1C(C)C. The van der Waals surface area contributed by atoms with E-state index in [9.17, 15) is 5.11 Å². The molecular formula is C14H18N2O2. The van der Waals surface area contributed by atoms with Crippen LogP contribution in [0.25, 0.3) is 11.3 Å². The molecule has 0 aliphatic heterocycles. The molecule has 0 atom stereocenters. The van der Waals surface area contributed by atoms with Crippen LogP contribution in [-0.2, 0) is 6.61 Å². The third-order valence-electron chi connectivity index (χ3n) is 2.88. The van der Waals surface area contributed by atoms with Crippen molar-refractivity contribution < 1.29 is 9.84 Å². The average Bonchev–Trinajstić information content (AvgIpc) is 2.87. The Morgan fingerprint density at radius 3 is 2.72 bits per heavy atom. The second-order valence-corrected chi connectivity index (χ2v) is 4.45. The van der Waals surface area contributed by atoms with Crippen LogP contribution in [0.3, 0.4) is 0 Å². The summed E-state index contributed by atoms with van der Waals surface area (Å²) in [5, 5.41) is 13.6. The number of aliphatic hydroxyl groups excluding tert-OH is 1. The van der Waals surface area contributed by atoms with Gasteiger partial charge in [0.25, 0.3) is 0 Å². The van der Waals surface area contributed by atoms with Crippen molar-refractivity contribution in [2.45, 2.75) is 26.5 Å². The normalized spacial score (nSPS) is 10.9. The highest BCUT2D eigenvalue weighted by atomic mass is 16.5. The lowest BCUT2D eigenvalue weighted by atomic mass is 10.1. The number of ether oxygens (including phenoxy) is 1. The molecule has 2 aromatic rings. The van der Waals surface area contributed by atoms with Gasteiger partial charge in [-0.3, -0.25) is 4.68 Å². The molecule has 0 unspecified atom stereocenters. The van der Waals surface area contributed by atoms with Crippen molar-refractivity contribution in [1.29, 1.82) is 0 Å². The Morgan fingerprint density at radius 1 is 1.33 bits per heavy atom. The van der Waals surface area contributed by atoms with Gasteiger partial charge in [0.15, 0.2) is 0 Å². The van der Waals surface area contributed by atoms with Crippen LogP contribution < -0.4 is 4.74 Å². The molecule has 1 N–H and O–H groups in total. The van der Waals surface area contributed by atoms with Crippen molar-refractivity contribution in [2.24, 2.45) is 0 Å². The lowest BCUT2D eigenvalue weighted by Crippen LogP contribution is -2.05. The van der Waals surface area contributed by atoms with E-state index in [0.29, 0.717) is 0 Å². The summed E-state index contributed by atoms with van der Waals surface area (Å²) in [6.45, 7) is 4.19. The second-order valence-electron chi connectivity index (χ2n) is 4.45. The molecule has 4 heteroatoms. The Bertz CT molecular complexity index is 532. The van der Waals surface area contributed by atoms with Crippen molar-refractivity contribution in [1.82, 2.24) is 9.78 Å². The first kappa shape index (κ1) is 12.6. The van der Waals surface area contributed by atoms with Gasteiger partial charge in [0.05, 0.1) is 19.4 Å². The highest BCUT2D eigenvalue weighted by Gasteiger charge is 2.13. The molecule has 0 amide bonds. The first-order valence-electron chi connectivity index (χ1n) is 5.99. The molecule has 0 saturated carbocycles. The second kappa shape index (κ2) is 5.23. The van der Waals surface area contributed by atoms with E-state index in [1.807, 2.05) is 28.9 Å². The van der Waals surface area contributed by atoms with Gasteiger partial charge in [-0.25, -0.2) is 0 Å². The predicted molar refractivity (Wildman–Crippen MR) is 70.5 cm³/mol.